The van der Waals surface area contributed by atoms with Crippen LogP contribution in [0.25, 0.3) is 0 Å². The van der Waals surface area contributed by atoms with Crippen molar-refractivity contribution < 1.29 is 19.1 Å². The minimum Gasteiger partial charge on any atom is -0.495 e. The van der Waals surface area contributed by atoms with Gasteiger partial charge in [0, 0.05) is 11.4 Å². The topological polar surface area (TPSA) is 121 Å². The number of anilines is 2. The Hall–Kier alpha value is -3.01. The lowest BCUT2D eigenvalue weighted by molar-refractivity contribution is -0.144. The molecule has 2 heterocycles. The van der Waals surface area contributed by atoms with Crippen LogP contribution < -0.4 is 31.3 Å². The van der Waals surface area contributed by atoms with E-state index in [2.05, 4.69) is 26.6 Å². The van der Waals surface area contributed by atoms with Crippen molar-refractivity contribution in [2.24, 2.45) is 11.8 Å². The summed E-state index contributed by atoms with van der Waals surface area (Å²) in [4.78, 5) is 38.5. The van der Waals surface area contributed by atoms with Crippen LogP contribution in [0.5, 0.6) is 5.75 Å². The molecule has 3 amide bonds. The highest BCUT2D eigenvalue weighted by molar-refractivity contribution is 6.36. The number of amides is 3. The first-order chi connectivity index (χ1) is 15.7. The van der Waals surface area contributed by atoms with Crippen molar-refractivity contribution in [3.05, 3.63) is 52.0 Å². The molecule has 2 aromatic carbocycles. The molecule has 0 radical (unpaired) electrons. The van der Waals surface area contributed by atoms with Gasteiger partial charge in [0.15, 0.2) is 6.29 Å². The highest BCUT2D eigenvalue weighted by Gasteiger charge is 2.48. The molecule has 2 saturated heterocycles. The van der Waals surface area contributed by atoms with Gasteiger partial charge >= 0.3 is 0 Å². The van der Waals surface area contributed by atoms with Gasteiger partial charge in [0.05, 0.1) is 41.5 Å². The fraction of sp³-hybridized carbons (Fsp3) is 0.318. The van der Waals surface area contributed by atoms with E-state index in [1.54, 1.807) is 30.3 Å². The Morgan fingerprint density at radius 2 is 1.88 bits per heavy atom. The van der Waals surface area contributed by atoms with E-state index in [0.29, 0.717) is 27.2 Å². The maximum atomic E-state index is 13.1. The zero-order chi connectivity index (χ0) is 23.7. The second-order valence-corrected chi connectivity index (χ2v) is 8.79. The van der Waals surface area contributed by atoms with E-state index in [9.17, 15) is 14.4 Å². The standard InChI is InChI=1S/C22H23Cl2N5O4/c1-10-3-6-16(33-2)15(7-10)25-20(31)12-9-17(30)27-19-18(12)21(32)29-22(28-19)26-14-5-4-11(23)8-13(14)24/h3-8,12,18-19,22,26,28H,9H2,1-2H3,(H,25,31)(H,27,30)(H,29,32). The largest absolute Gasteiger partial charge is 0.495 e. The molecule has 33 heavy (non-hydrogen) atoms. The number of carbonyl (C=O) groups is 3. The summed E-state index contributed by atoms with van der Waals surface area (Å²) >= 11 is 12.1. The van der Waals surface area contributed by atoms with Crippen molar-refractivity contribution in [1.29, 1.82) is 0 Å². The maximum Gasteiger partial charge on any atom is 0.229 e. The molecule has 9 nitrogen and oxygen atoms in total. The smallest absolute Gasteiger partial charge is 0.229 e. The average Bonchev–Trinajstić information content (AvgIpc) is 2.75. The molecule has 0 saturated carbocycles. The Labute approximate surface area is 200 Å². The van der Waals surface area contributed by atoms with Gasteiger partial charge in [0.2, 0.25) is 17.7 Å². The monoisotopic (exact) mass is 491 g/mol. The lowest BCUT2D eigenvalue weighted by atomic mass is 9.81. The predicted molar refractivity (Wildman–Crippen MR) is 125 cm³/mol. The molecule has 11 heteroatoms. The van der Waals surface area contributed by atoms with Gasteiger partial charge in [0.1, 0.15) is 5.75 Å². The van der Waals surface area contributed by atoms with Gasteiger partial charge in [-0.25, -0.2) is 0 Å². The third kappa shape index (κ3) is 5.00. The van der Waals surface area contributed by atoms with E-state index in [1.807, 2.05) is 13.0 Å². The molecular weight excluding hydrogens is 469 g/mol. The van der Waals surface area contributed by atoms with Crippen molar-refractivity contribution in [2.45, 2.75) is 25.8 Å². The fourth-order valence-corrected chi connectivity index (χ4v) is 4.52. The van der Waals surface area contributed by atoms with Crippen LogP contribution in [0.15, 0.2) is 36.4 Å². The molecule has 5 N–H and O–H groups in total. The Morgan fingerprint density at radius 3 is 2.61 bits per heavy atom. The molecule has 0 spiro atoms. The normalized spacial score (nSPS) is 24.2. The SMILES string of the molecule is COc1ccc(C)cc1NC(=O)C1CC(=O)NC2NC(Nc3ccc(Cl)cc3Cl)NC(=O)C21. The lowest BCUT2D eigenvalue weighted by Gasteiger charge is -2.43. The van der Waals surface area contributed by atoms with E-state index in [1.165, 1.54) is 7.11 Å². The van der Waals surface area contributed by atoms with Gasteiger partial charge in [-0.2, -0.15) is 0 Å². The van der Waals surface area contributed by atoms with Crippen LogP contribution in [-0.2, 0) is 14.4 Å². The Kier molecular flexibility index (Phi) is 6.64. The summed E-state index contributed by atoms with van der Waals surface area (Å²) in [5, 5.41) is 15.4. The van der Waals surface area contributed by atoms with Crippen LogP contribution in [0.3, 0.4) is 0 Å². The first-order valence-electron chi connectivity index (χ1n) is 10.3. The van der Waals surface area contributed by atoms with Gasteiger partial charge < -0.3 is 26.0 Å². The quantitative estimate of drug-likeness (QED) is 0.438. The molecular formula is C22H23Cl2N5O4. The van der Waals surface area contributed by atoms with E-state index in [4.69, 9.17) is 27.9 Å². The molecule has 2 aromatic rings. The van der Waals surface area contributed by atoms with Crippen LogP contribution in [0.4, 0.5) is 11.4 Å². The van der Waals surface area contributed by atoms with Crippen molar-refractivity contribution in [3.63, 3.8) is 0 Å². The van der Waals surface area contributed by atoms with E-state index >= 15 is 0 Å². The molecule has 4 atom stereocenters. The summed E-state index contributed by atoms with van der Waals surface area (Å²) in [5.41, 5.74) is 1.95. The molecule has 0 aliphatic carbocycles. The molecule has 0 aromatic heterocycles. The number of nitrogens with one attached hydrogen (secondary N) is 5. The van der Waals surface area contributed by atoms with Gasteiger partial charge in [0.25, 0.3) is 0 Å². The summed E-state index contributed by atoms with van der Waals surface area (Å²) in [6, 6.07) is 10.3. The Bertz CT molecular complexity index is 1110. The highest BCUT2D eigenvalue weighted by atomic mass is 35.5. The van der Waals surface area contributed by atoms with Gasteiger partial charge in [-0.3, -0.25) is 19.7 Å². The van der Waals surface area contributed by atoms with Gasteiger partial charge in [-0.1, -0.05) is 29.3 Å². The zero-order valence-corrected chi connectivity index (χ0v) is 19.4. The second kappa shape index (κ2) is 9.46. The van der Waals surface area contributed by atoms with E-state index in [-0.39, 0.29) is 18.2 Å². The van der Waals surface area contributed by atoms with Gasteiger partial charge in [-0.15, -0.1) is 0 Å². The zero-order valence-electron chi connectivity index (χ0n) is 17.9. The maximum absolute atomic E-state index is 13.1. The van der Waals surface area contributed by atoms with E-state index < -0.39 is 30.2 Å². The van der Waals surface area contributed by atoms with Crippen LogP contribution in [0.1, 0.15) is 12.0 Å². The van der Waals surface area contributed by atoms with Crippen molar-refractivity contribution in [1.82, 2.24) is 16.0 Å². The van der Waals surface area contributed by atoms with E-state index in [0.717, 1.165) is 5.56 Å². The Morgan fingerprint density at radius 1 is 1.09 bits per heavy atom. The number of benzene rings is 2. The molecule has 2 aliphatic rings. The molecule has 2 aliphatic heterocycles. The number of hydrogen-bond donors (Lipinski definition) is 5. The second-order valence-electron chi connectivity index (χ2n) is 7.95. The van der Waals surface area contributed by atoms with Gasteiger partial charge in [-0.05, 0) is 42.8 Å². The molecule has 4 rings (SSSR count). The predicted octanol–water partition coefficient (Wildman–Crippen LogP) is 2.44. The van der Waals surface area contributed by atoms with Crippen molar-refractivity contribution >= 4 is 52.3 Å². The minimum atomic E-state index is -0.874. The van der Waals surface area contributed by atoms with Crippen molar-refractivity contribution in [3.8, 4) is 5.75 Å². The number of ether oxygens (including phenoxy) is 1. The number of aryl methyl sites for hydroxylation is 1. The number of carbonyl (C=O) groups excluding carboxylic acids is 3. The van der Waals surface area contributed by atoms with Crippen molar-refractivity contribution in [2.75, 3.05) is 17.7 Å². The van der Waals surface area contributed by atoms with Crippen LogP contribution in [0.2, 0.25) is 10.0 Å². The molecule has 174 valence electrons. The molecule has 2 fully saturated rings. The third-order valence-electron chi connectivity index (χ3n) is 5.63. The average molecular weight is 492 g/mol. The summed E-state index contributed by atoms with van der Waals surface area (Å²) in [6.07, 6.45) is -1.59. The number of rotatable bonds is 5. The summed E-state index contributed by atoms with van der Waals surface area (Å²) < 4.78 is 5.31. The first kappa shape index (κ1) is 23.2. The number of halogens is 2. The first-order valence-corrected chi connectivity index (χ1v) is 11.0. The summed E-state index contributed by atoms with van der Waals surface area (Å²) in [6.45, 7) is 1.89. The van der Waals surface area contributed by atoms with Crippen LogP contribution >= 0.6 is 23.2 Å². The minimum absolute atomic E-state index is 0.114. The van der Waals surface area contributed by atoms with Crippen LogP contribution in [-0.4, -0.2) is 37.3 Å². The summed E-state index contributed by atoms with van der Waals surface area (Å²) in [7, 11) is 1.50. The van der Waals surface area contributed by atoms with Crippen LogP contribution in [0, 0.1) is 18.8 Å². The number of fused-ring (bicyclic) bond motifs is 1. The molecule has 4 unspecified atom stereocenters. The Balaban J connectivity index is 1.51. The number of hydrogen-bond acceptors (Lipinski definition) is 6. The number of piperidine rings is 1. The third-order valence-corrected chi connectivity index (χ3v) is 6.18. The summed E-state index contributed by atoms with van der Waals surface area (Å²) in [5.74, 6) is -2.34. The highest BCUT2D eigenvalue weighted by Crippen LogP contribution is 2.31. The lowest BCUT2D eigenvalue weighted by Crippen LogP contribution is -2.72. The molecule has 0 bridgehead atoms. The number of methoxy groups -OCH3 is 1. The fourth-order valence-electron chi connectivity index (χ4n) is 4.06.